The SMILES string of the molecule is CC(CN1CCCCC1)NCC1(O)CCCC1. The predicted octanol–water partition coefficient (Wildman–Crippen LogP) is 1.76. The highest BCUT2D eigenvalue weighted by atomic mass is 16.3. The van der Waals surface area contributed by atoms with Gasteiger partial charge in [0.25, 0.3) is 0 Å². The van der Waals surface area contributed by atoms with E-state index in [0.29, 0.717) is 6.04 Å². The monoisotopic (exact) mass is 240 g/mol. The van der Waals surface area contributed by atoms with Crippen molar-refractivity contribution in [1.29, 1.82) is 0 Å². The first-order valence-corrected chi connectivity index (χ1v) is 7.36. The molecule has 0 radical (unpaired) electrons. The second kappa shape index (κ2) is 6.17. The summed E-state index contributed by atoms with van der Waals surface area (Å²) >= 11 is 0. The Labute approximate surface area is 106 Å². The minimum absolute atomic E-state index is 0.407. The van der Waals surface area contributed by atoms with Gasteiger partial charge in [-0.05, 0) is 45.7 Å². The van der Waals surface area contributed by atoms with Gasteiger partial charge < -0.3 is 15.3 Å². The minimum Gasteiger partial charge on any atom is -0.389 e. The molecule has 3 heteroatoms. The van der Waals surface area contributed by atoms with Crippen LogP contribution in [0.4, 0.5) is 0 Å². The van der Waals surface area contributed by atoms with Gasteiger partial charge >= 0.3 is 0 Å². The van der Waals surface area contributed by atoms with E-state index < -0.39 is 5.60 Å². The molecule has 17 heavy (non-hydrogen) atoms. The van der Waals surface area contributed by atoms with Crippen molar-refractivity contribution < 1.29 is 5.11 Å². The van der Waals surface area contributed by atoms with Crippen LogP contribution in [-0.2, 0) is 0 Å². The fourth-order valence-electron chi connectivity index (χ4n) is 3.17. The molecule has 2 N–H and O–H groups in total. The minimum atomic E-state index is -0.407. The molecule has 0 aromatic carbocycles. The van der Waals surface area contributed by atoms with Crippen molar-refractivity contribution in [3.05, 3.63) is 0 Å². The van der Waals surface area contributed by atoms with E-state index in [4.69, 9.17) is 0 Å². The molecule has 1 heterocycles. The van der Waals surface area contributed by atoms with Crippen LogP contribution >= 0.6 is 0 Å². The third kappa shape index (κ3) is 4.23. The molecular weight excluding hydrogens is 212 g/mol. The standard InChI is InChI=1S/C14H28N2O/c1-13(11-16-9-5-2-6-10-16)15-12-14(17)7-3-4-8-14/h13,15,17H,2-12H2,1H3. The maximum atomic E-state index is 10.3. The zero-order valence-corrected chi connectivity index (χ0v) is 11.2. The molecule has 0 aromatic rings. The fraction of sp³-hybridized carbons (Fsp3) is 1.00. The second-order valence-corrected chi connectivity index (χ2v) is 6.07. The molecule has 1 aliphatic carbocycles. The zero-order valence-electron chi connectivity index (χ0n) is 11.2. The molecule has 1 unspecified atom stereocenters. The van der Waals surface area contributed by atoms with Gasteiger partial charge in [-0.25, -0.2) is 0 Å². The molecule has 1 aliphatic heterocycles. The summed E-state index contributed by atoms with van der Waals surface area (Å²) in [6, 6.07) is 0.498. The molecule has 100 valence electrons. The van der Waals surface area contributed by atoms with Crippen LogP contribution in [0.5, 0.6) is 0 Å². The zero-order chi connectivity index (χ0) is 12.1. The largest absolute Gasteiger partial charge is 0.389 e. The number of rotatable bonds is 5. The highest BCUT2D eigenvalue weighted by Gasteiger charge is 2.31. The average molecular weight is 240 g/mol. The smallest absolute Gasteiger partial charge is 0.0771 e. The summed E-state index contributed by atoms with van der Waals surface area (Å²) in [7, 11) is 0. The molecule has 0 amide bonds. The van der Waals surface area contributed by atoms with E-state index in [9.17, 15) is 5.11 Å². The van der Waals surface area contributed by atoms with E-state index in [1.54, 1.807) is 0 Å². The lowest BCUT2D eigenvalue weighted by Gasteiger charge is -2.31. The Hall–Kier alpha value is -0.120. The van der Waals surface area contributed by atoms with E-state index in [1.165, 1.54) is 45.2 Å². The number of hydrogen-bond acceptors (Lipinski definition) is 3. The average Bonchev–Trinajstić information content (AvgIpc) is 2.76. The summed E-state index contributed by atoms with van der Waals surface area (Å²) < 4.78 is 0. The Balaban J connectivity index is 1.64. The summed E-state index contributed by atoms with van der Waals surface area (Å²) in [5.74, 6) is 0. The van der Waals surface area contributed by atoms with Gasteiger partial charge in [0.2, 0.25) is 0 Å². The van der Waals surface area contributed by atoms with Gasteiger partial charge in [0.05, 0.1) is 5.60 Å². The van der Waals surface area contributed by atoms with Crippen molar-refractivity contribution in [2.24, 2.45) is 0 Å². The normalized spacial score (nSPS) is 27.2. The lowest BCUT2D eigenvalue weighted by molar-refractivity contribution is 0.0436. The van der Waals surface area contributed by atoms with Crippen LogP contribution in [0.15, 0.2) is 0 Å². The van der Waals surface area contributed by atoms with Crippen LogP contribution in [0.2, 0.25) is 0 Å². The maximum absolute atomic E-state index is 10.3. The molecule has 3 nitrogen and oxygen atoms in total. The summed E-state index contributed by atoms with van der Waals surface area (Å²) in [6.07, 6.45) is 8.47. The first-order chi connectivity index (χ1) is 8.18. The molecule has 1 saturated heterocycles. The molecule has 0 aromatic heterocycles. The van der Waals surface area contributed by atoms with Crippen LogP contribution < -0.4 is 5.32 Å². The quantitative estimate of drug-likeness (QED) is 0.768. The molecule has 0 bridgehead atoms. The van der Waals surface area contributed by atoms with Crippen molar-refractivity contribution in [2.75, 3.05) is 26.2 Å². The van der Waals surface area contributed by atoms with Crippen LogP contribution in [0.1, 0.15) is 51.9 Å². The number of hydrogen-bond donors (Lipinski definition) is 2. The first-order valence-electron chi connectivity index (χ1n) is 7.36. The van der Waals surface area contributed by atoms with Crippen LogP contribution in [-0.4, -0.2) is 47.8 Å². The molecule has 1 atom stereocenters. The van der Waals surface area contributed by atoms with Crippen molar-refractivity contribution in [2.45, 2.75) is 63.5 Å². The van der Waals surface area contributed by atoms with Crippen molar-refractivity contribution in [3.63, 3.8) is 0 Å². The van der Waals surface area contributed by atoms with Gasteiger partial charge in [-0.15, -0.1) is 0 Å². The van der Waals surface area contributed by atoms with E-state index in [0.717, 1.165) is 25.9 Å². The van der Waals surface area contributed by atoms with Crippen LogP contribution in [0.25, 0.3) is 0 Å². The van der Waals surface area contributed by atoms with Gasteiger partial charge in [-0.3, -0.25) is 0 Å². The third-order valence-electron chi connectivity index (χ3n) is 4.29. The highest BCUT2D eigenvalue weighted by molar-refractivity contribution is 4.87. The Kier molecular flexibility index (Phi) is 4.83. The van der Waals surface area contributed by atoms with Gasteiger partial charge in [-0.1, -0.05) is 19.3 Å². The van der Waals surface area contributed by atoms with Gasteiger partial charge in [0.15, 0.2) is 0 Å². The van der Waals surface area contributed by atoms with E-state index in [-0.39, 0.29) is 0 Å². The van der Waals surface area contributed by atoms with E-state index in [2.05, 4.69) is 17.1 Å². The highest BCUT2D eigenvalue weighted by Crippen LogP contribution is 2.28. The third-order valence-corrected chi connectivity index (χ3v) is 4.29. The second-order valence-electron chi connectivity index (χ2n) is 6.07. The Morgan fingerprint density at radius 3 is 2.41 bits per heavy atom. The molecule has 2 fully saturated rings. The Morgan fingerprint density at radius 1 is 1.12 bits per heavy atom. The van der Waals surface area contributed by atoms with Crippen molar-refractivity contribution >= 4 is 0 Å². The predicted molar refractivity (Wildman–Crippen MR) is 71.2 cm³/mol. The molecule has 1 saturated carbocycles. The van der Waals surface area contributed by atoms with Crippen LogP contribution in [0, 0.1) is 0 Å². The first kappa shape index (κ1) is 13.3. The number of aliphatic hydroxyl groups is 1. The molecule has 0 spiro atoms. The molecular formula is C14H28N2O. The number of nitrogens with one attached hydrogen (secondary N) is 1. The fourth-order valence-corrected chi connectivity index (χ4v) is 3.17. The summed E-state index contributed by atoms with van der Waals surface area (Å²) in [6.45, 7) is 6.68. The van der Waals surface area contributed by atoms with E-state index >= 15 is 0 Å². The van der Waals surface area contributed by atoms with Gasteiger partial charge in [-0.2, -0.15) is 0 Å². The Morgan fingerprint density at radius 2 is 1.76 bits per heavy atom. The summed E-state index contributed by atoms with van der Waals surface area (Å²) in [5, 5.41) is 13.8. The maximum Gasteiger partial charge on any atom is 0.0771 e. The van der Waals surface area contributed by atoms with Crippen molar-refractivity contribution in [1.82, 2.24) is 10.2 Å². The Bertz CT molecular complexity index is 220. The number of piperidine rings is 1. The number of nitrogens with zero attached hydrogens (tertiary/aromatic N) is 1. The summed E-state index contributed by atoms with van der Waals surface area (Å²) in [5.41, 5.74) is -0.407. The van der Waals surface area contributed by atoms with Crippen LogP contribution in [0.3, 0.4) is 0 Å². The van der Waals surface area contributed by atoms with Gasteiger partial charge in [0, 0.05) is 19.1 Å². The van der Waals surface area contributed by atoms with E-state index in [1.807, 2.05) is 0 Å². The lowest BCUT2D eigenvalue weighted by atomic mass is 10.0. The lowest BCUT2D eigenvalue weighted by Crippen LogP contribution is -2.47. The van der Waals surface area contributed by atoms with Gasteiger partial charge in [0.1, 0.15) is 0 Å². The number of likely N-dealkylation sites (tertiary alicyclic amines) is 1. The molecule has 2 aliphatic rings. The van der Waals surface area contributed by atoms with Crippen molar-refractivity contribution in [3.8, 4) is 0 Å². The topological polar surface area (TPSA) is 35.5 Å². The summed E-state index contributed by atoms with van der Waals surface area (Å²) in [4.78, 5) is 2.56. The molecule has 2 rings (SSSR count).